The summed E-state index contributed by atoms with van der Waals surface area (Å²) in [6.07, 6.45) is 23.2. The van der Waals surface area contributed by atoms with Crippen molar-refractivity contribution in [1.82, 2.24) is 15.9 Å². The maximum absolute atomic E-state index is 5.98. The molecule has 4 aliphatic carbocycles. The van der Waals surface area contributed by atoms with Crippen LogP contribution in [0.25, 0.3) is 11.1 Å². The molecule has 4 saturated carbocycles. The topological polar surface area (TPSA) is 69.5 Å². The number of hydrazine groups is 2. The third kappa shape index (κ3) is 8.22. The van der Waals surface area contributed by atoms with Crippen LogP contribution in [0.3, 0.4) is 0 Å². The average Bonchev–Trinajstić information content (AvgIpc) is 3.24. The molecule has 2 unspecified atom stereocenters. The fraction of sp³-hybridized carbons (Fsp3) is 0.589. The number of quaternary nitrogens is 1. The maximum Gasteiger partial charge on any atom is 0.134 e. The average molecular weight is 857 g/mol. The number of nitrogens with two attached hydrogens (primary N) is 1. The molecule has 7 heteroatoms. The van der Waals surface area contributed by atoms with Crippen LogP contribution in [0, 0.1) is 52.3 Å². The number of pyridine rings is 1. The molecule has 7 rings (SSSR count). The lowest BCUT2D eigenvalue weighted by Crippen LogP contribution is -2.97. The van der Waals surface area contributed by atoms with Crippen LogP contribution in [0.2, 0.25) is 0 Å². The molecule has 4 N–H and O–H groups in total. The molecule has 0 radical (unpaired) electrons. The van der Waals surface area contributed by atoms with Crippen molar-refractivity contribution in [2.45, 2.75) is 140 Å². The van der Waals surface area contributed by atoms with Gasteiger partial charge in [0.25, 0.3) is 0 Å². The van der Waals surface area contributed by atoms with E-state index in [0.29, 0.717) is 17.2 Å². The summed E-state index contributed by atoms with van der Waals surface area (Å²) in [5.41, 5.74) is 25.4. The summed E-state index contributed by atoms with van der Waals surface area (Å²) in [6, 6.07) is 12.3. The molecule has 5 aliphatic rings. The van der Waals surface area contributed by atoms with Crippen LogP contribution in [0.5, 0.6) is 0 Å². The van der Waals surface area contributed by atoms with Gasteiger partial charge >= 0.3 is 0 Å². The standard InChI is InChI=1S/C33H42N6.C21H38N.C2H6/c1-10-23(5)32-29(27(11-2)26(8)22(3)4)18-19-31(35-32)39-20-14-16-28(25(7)21-34)33(39)36-37-38(9)30-17-13-12-15-24(30)6;1-7-11-22(5,6)12-9-10-20-15-17(3)13-19(8-2)14-18(4,16-20)21(17,19)20;1-2/h1,11-13,15,17-19,21-22,36-37H,2,5,14,16,20,34H2,3-4,6-9H3;7-16H2,1-6H3;1-2H3/q;+1;/b25-21-,27-26+;;. The maximum atomic E-state index is 5.98. The van der Waals surface area contributed by atoms with E-state index in [0.717, 1.165) is 86.1 Å². The largest absolute Gasteiger partial charge is 0.404 e. The van der Waals surface area contributed by atoms with Crippen molar-refractivity contribution in [3.05, 3.63) is 101 Å². The Labute approximate surface area is 385 Å². The summed E-state index contributed by atoms with van der Waals surface area (Å²) in [4.78, 5) is 7.26. The normalized spacial score (nSPS) is 28.1. The van der Waals surface area contributed by atoms with Gasteiger partial charge in [-0.25, -0.2) is 4.98 Å². The second-order valence-electron chi connectivity index (χ2n) is 21.1. The molecule has 0 bridgehead atoms. The summed E-state index contributed by atoms with van der Waals surface area (Å²) in [6.45, 7) is 36.4. The predicted molar refractivity (Wildman–Crippen MR) is 272 cm³/mol. The van der Waals surface area contributed by atoms with Crippen molar-refractivity contribution in [1.29, 1.82) is 0 Å². The zero-order valence-corrected chi connectivity index (χ0v) is 42.2. The van der Waals surface area contributed by atoms with E-state index in [2.05, 4.69) is 123 Å². The van der Waals surface area contributed by atoms with Crippen LogP contribution < -0.4 is 26.6 Å². The molecule has 1 aromatic heterocycles. The van der Waals surface area contributed by atoms with Crippen molar-refractivity contribution in [2.75, 3.05) is 50.7 Å². The number of nitrogens with one attached hydrogen (secondary N) is 2. The first-order valence-corrected chi connectivity index (χ1v) is 24.3. The van der Waals surface area contributed by atoms with Gasteiger partial charge in [0.05, 0.1) is 38.6 Å². The SMILES string of the molecule is C#CC(=C)c1nc(N2CCCC(/C(C)=C\N)=C2NNN(C)c2ccccc2C)ccc1/C(C=C)=C(\C)C(C)C.CC.CCC[N+](C)(C)CCCC12CC3(C)CC4(CC)CC(C)(C1)C342. The van der Waals surface area contributed by atoms with Gasteiger partial charge < -0.3 is 15.1 Å². The minimum absolute atomic E-state index is 0.357. The fourth-order valence-electron chi connectivity index (χ4n) is 14.9. The lowest BCUT2D eigenvalue weighted by atomic mass is 9.00. The fourth-order valence-corrected chi connectivity index (χ4v) is 14.9. The number of nitrogens with zero attached hydrogens (tertiary/aromatic N) is 4. The van der Waals surface area contributed by atoms with Crippen molar-refractivity contribution in [2.24, 2.45) is 38.7 Å². The molecule has 1 spiro atoms. The highest BCUT2D eigenvalue weighted by Gasteiger charge is 2.99. The first-order valence-electron chi connectivity index (χ1n) is 24.3. The number of hydrogen-bond donors (Lipinski definition) is 3. The molecule has 4 fully saturated rings. The Morgan fingerprint density at radius 2 is 1.67 bits per heavy atom. The number of aromatic nitrogens is 1. The van der Waals surface area contributed by atoms with Crippen molar-refractivity contribution >= 4 is 22.7 Å². The van der Waals surface area contributed by atoms with E-state index in [9.17, 15) is 0 Å². The smallest absolute Gasteiger partial charge is 0.134 e. The molecular formula is C56H86N7+. The van der Waals surface area contributed by atoms with E-state index in [1.54, 1.807) is 31.9 Å². The molecule has 344 valence electrons. The van der Waals surface area contributed by atoms with Crippen molar-refractivity contribution < 1.29 is 4.48 Å². The number of terminal acetylenes is 1. The van der Waals surface area contributed by atoms with Crippen LogP contribution in [0.4, 0.5) is 11.5 Å². The molecule has 63 heavy (non-hydrogen) atoms. The Bertz CT molecular complexity index is 2120. The van der Waals surface area contributed by atoms with E-state index in [1.807, 2.05) is 57.1 Å². The number of allylic oxidation sites excluding steroid dienone is 6. The highest BCUT2D eigenvalue weighted by Crippen LogP contribution is 3.06. The van der Waals surface area contributed by atoms with Crippen LogP contribution in [0.1, 0.15) is 150 Å². The molecule has 0 saturated heterocycles. The van der Waals surface area contributed by atoms with Crippen molar-refractivity contribution in [3.8, 4) is 12.3 Å². The van der Waals surface area contributed by atoms with E-state index in [4.69, 9.17) is 17.1 Å². The van der Waals surface area contributed by atoms with Crippen LogP contribution in [-0.2, 0) is 0 Å². The number of benzene rings is 1. The summed E-state index contributed by atoms with van der Waals surface area (Å²) >= 11 is 0. The Morgan fingerprint density at radius 3 is 2.21 bits per heavy atom. The third-order valence-electron chi connectivity index (χ3n) is 16.6. The second-order valence-corrected chi connectivity index (χ2v) is 21.1. The number of aryl methyl sites for hydroxylation is 1. The minimum atomic E-state index is 0.357. The number of para-hydroxylation sites is 1. The molecule has 1 aliphatic heterocycles. The zero-order chi connectivity index (χ0) is 46.8. The molecule has 2 atom stereocenters. The monoisotopic (exact) mass is 857 g/mol. The van der Waals surface area contributed by atoms with Gasteiger partial charge in [-0.3, -0.25) is 10.4 Å². The van der Waals surface area contributed by atoms with E-state index in [1.165, 1.54) is 54.4 Å². The van der Waals surface area contributed by atoms with E-state index >= 15 is 0 Å². The quantitative estimate of drug-likeness (QED) is 0.0637. The van der Waals surface area contributed by atoms with E-state index in [-0.39, 0.29) is 0 Å². The lowest BCUT2D eigenvalue weighted by molar-refractivity contribution is -0.890. The first kappa shape index (κ1) is 49.8. The Balaban J connectivity index is 0.000000261. The van der Waals surface area contributed by atoms with E-state index < -0.39 is 0 Å². The number of hydrogen-bond acceptors (Lipinski definition) is 6. The Kier molecular flexibility index (Phi) is 15.1. The first-order chi connectivity index (χ1) is 29.8. The number of rotatable bonds is 17. The van der Waals surface area contributed by atoms with Gasteiger partial charge in [0.15, 0.2) is 0 Å². The van der Waals surface area contributed by atoms with Gasteiger partial charge in [-0.1, -0.05) is 104 Å². The second kappa shape index (κ2) is 19.1. The van der Waals surface area contributed by atoms with Crippen LogP contribution in [0.15, 0.2) is 84.4 Å². The molecule has 2 heterocycles. The Morgan fingerprint density at radius 1 is 1.03 bits per heavy atom. The van der Waals surface area contributed by atoms with Crippen LogP contribution in [-0.4, -0.2) is 50.2 Å². The summed E-state index contributed by atoms with van der Waals surface area (Å²) in [5.74, 6) is 4.74. The van der Waals surface area contributed by atoms with Gasteiger partial charge in [0.1, 0.15) is 11.6 Å². The van der Waals surface area contributed by atoms with Crippen molar-refractivity contribution in [3.63, 3.8) is 0 Å². The molecule has 0 amide bonds. The molecule has 2 aromatic rings. The van der Waals surface area contributed by atoms with Gasteiger partial charge in [-0.15, -0.1) is 12.0 Å². The molecule has 1 aromatic carbocycles. The zero-order valence-electron chi connectivity index (χ0n) is 42.2. The van der Waals surface area contributed by atoms with Gasteiger partial charge in [0, 0.05) is 24.7 Å². The molecule has 7 nitrogen and oxygen atoms in total. The van der Waals surface area contributed by atoms with Gasteiger partial charge in [0.2, 0.25) is 0 Å². The Hall–Kier alpha value is -4.25. The van der Waals surface area contributed by atoms with Gasteiger partial charge in [-0.05, 0) is 165 Å². The predicted octanol–water partition coefficient (Wildman–Crippen LogP) is 12.7. The summed E-state index contributed by atoms with van der Waals surface area (Å²) < 4.78 is 1.23. The van der Waals surface area contributed by atoms with Crippen LogP contribution >= 0.6 is 0 Å². The summed E-state index contributed by atoms with van der Waals surface area (Å²) in [7, 11) is 6.84. The number of anilines is 2. The van der Waals surface area contributed by atoms with Gasteiger partial charge in [-0.2, -0.15) is 0 Å². The third-order valence-corrected chi connectivity index (χ3v) is 16.6. The minimum Gasteiger partial charge on any atom is -0.404 e. The highest BCUT2D eigenvalue weighted by atomic mass is 15.7. The molecular weight excluding hydrogens is 771 g/mol. The summed E-state index contributed by atoms with van der Waals surface area (Å²) in [5, 5.41) is 1.96. The highest BCUT2D eigenvalue weighted by molar-refractivity contribution is 5.88. The lowest BCUT2D eigenvalue weighted by Gasteiger charge is -3.03.